The third-order valence-corrected chi connectivity index (χ3v) is 5.00. The van der Waals surface area contributed by atoms with Gasteiger partial charge in [0.1, 0.15) is 5.58 Å². The van der Waals surface area contributed by atoms with Crippen molar-refractivity contribution in [2.45, 2.75) is 20.8 Å². The molecule has 0 radical (unpaired) electrons. The number of ketones is 1. The Hall–Kier alpha value is -3.66. The van der Waals surface area contributed by atoms with Crippen LogP contribution in [-0.2, 0) is 0 Å². The van der Waals surface area contributed by atoms with E-state index >= 15 is 0 Å². The van der Waals surface area contributed by atoms with Crippen molar-refractivity contribution in [2.24, 2.45) is 0 Å². The van der Waals surface area contributed by atoms with Gasteiger partial charge in [0.2, 0.25) is 5.78 Å². The summed E-state index contributed by atoms with van der Waals surface area (Å²) in [5.41, 5.74) is 5.28. The standard InChI is InChI=1S/C25H21NO3/c1-15-7-9-18(10-8-15)23(27)24-17(3)21-12-11-20(14-22(21)29-24)26-25(28)19-6-4-5-16(2)13-19/h4-14H,1-3H3,(H,26,28). The number of aryl methyl sites for hydroxylation is 3. The van der Waals surface area contributed by atoms with Crippen LogP contribution in [0.2, 0.25) is 0 Å². The predicted molar refractivity (Wildman–Crippen MR) is 115 cm³/mol. The molecule has 29 heavy (non-hydrogen) atoms. The number of carbonyl (C=O) groups excluding carboxylic acids is 2. The van der Waals surface area contributed by atoms with Crippen molar-refractivity contribution in [3.8, 4) is 0 Å². The number of hydrogen-bond acceptors (Lipinski definition) is 3. The summed E-state index contributed by atoms with van der Waals surface area (Å²) in [5.74, 6) is -0.0117. The van der Waals surface area contributed by atoms with Gasteiger partial charge in [-0.2, -0.15) is 0 Å². The minimum Gasteiger partial charge on any atom is -0.452 e. The van der Waals surface area contributed by atoms with Crippen LogP contribution in [0.1, 0.15) is 43.2 Å². The molecule has 0 aliphatic rings. The molecule has 4 nitrogen and oxygen atoms in total. The lowest BCUT2D eigenvalue weighted by atomic mass is 10.0. The Morgan fingerprint density at radius 2 is 1.55 bits per heavy atom. The molecule has 1 heterocycles. The second-order valence-corrected chi connectivity index (χ2v) is 7.29. The number of rotatable bonds is 4. The van der Waals surface area contributed by atoms with Crippen molar-refractivity contribution in [1.29, 1.82) is 0 Å². The van der Waals surface area contributed by atoms with Gasteiger partial charge in [-0.15, -0.1) is 0 Å². The molecule has 0 saturated heterocycles. The van der Waals surface area contributed by atoms with Crippen molar-refractivity contribution in [2.75, 3.05) is 5.32 Å². The highest BCUT2D eigenvalue weighted by atomic mass is 16.3. The number of fused-ring (bicyclic) bond motifs is 1. The summed E-state index contributed by atoms with van der Waals surface area (Å²) in [4.78, 5) is 25.4. The molecule has 0 spiro atoms. The first-order valence-corrected chi connectivity index (χ1v) is 9.45. The lowest BCUT2D eigenvalue weighted by Crippen LogP contribution is -2.11. The summed E-state index contributed by atoms with van der Waals surface area (Å²) < 4.78 is 5.89. The van der Waals surface area contributed by atoms with E-state index in [0.29, 0.717) is 28.2 Å². The number of anilines is 1. The predicted octanol–water partition coefficient (Wildman–Crippen LogP) is 5.84. The zero-order chi connectivity index (χ0) is 20.5. The fourth-order valence-electron chi connectivity index (χ4n) is 3.35. The van der Waals surface area contributed by atoms with Gasteiger partial charge >= 0.3 is 0 Å². The molecule has 4 aromatic rings. The van der Waals surface area contributed by atoms with Crippen LogP contribution in [0.5, 0.6) is 0 Å². The number of hydrogen-bond donors (Lipinski definition) is 1. The van der Waals surface area contributed by atoms with Crippen molar-refractivity contribution in [3.63, 3.8) is 0 Å². The van der Waals surface area contributed by atoms with E-state index in [4.69, 9.17) is 4.42 Å². The maximum Gasteiger partial charge on any atom is 0.255 e. The maximum atomic E-state index is 12.9. The molecular formula is C25H21NO3. The van der Waals surface area contributed by atoms with Gasteiger partial charge in [0.15, 0.2) is 5.76 Å². The molecule has 0 unspecified atom stereocenters. The van der Waals surface area contributed by atoms with Gasteiger partial charge in [0.05, 0.1) is 0 Å². The van der Waals surface area contributed by atoms with Crippen LogP contribution in [0.4, 0.5) is 5.69 Å². The molecule has 0 bridgehead atoms. The minimum atomic E-state index is -0.188. The first kappa shape index (κ1) is 18.7. The molecule has 3 aromatic carbocycles. The van der Waals surface area contributed by atoms with E-state index in [1.54, 1.807) is 24.3 Å². The molecule has 144 valence electrons. The maximum absolute atomic E-state index is 12.9. The molecule has 4 rings (SSSR count). The summed E-state index contributed by atoms with van der Waals surface area (Å²) in [5, 5.41) is 3.75. The highest BCUT2D eigenvalue weighted by molar-refractivity contribution is 6.11. The van der Waals surface area contributed by atoms with Gasteiger partial charge in [-0.3, -0.25) is 9.59 Å². The van der Waals surface area contributed by atoms with Gasteiger partial charge in [-0.1, -0.05) is 47.5 Å². The van der Waals surface area contributed by atoms with E-state index < -0.39 is 0 Å². The fourth-order valence-corrected chi connectivity index (χ4v) is 3.35. The molecule has 1 N–H and O–H groups in total. The number of nitrogens with one attached hydrogen (secondary N) is 1. The monoisotopic (exact) mass is 383 g/mol. The van der Waals surface area contributed by atoms with Crippen LogP contribution < -0.4 is 5.32 Å². The van der Waals surface area contributed by atoms with E-state index in [1.165, 1.54) is 0 Å². The van der Waals surface area contributed by atoms with Crippen LogP contribution in [0.25, 0.3) is 11.0 Å². The first-order chi connectivity index (χ1) is 13.9. The van der Waals surface area contributed by atoms with Gasteiger partial charge in [-0.05, 0) is 45.0 Å². The van der Waals surface area contributed by atoms with Crippen molar-refractivity contribution >= 4 is 28.3 Å². The smallest absolute Gasteiger partial charge is 0.255 e. The zero-order valence-electron chi connectivity index (χ0n) is 16.6. The molecule has 0 saturated carbocycles. The first-order valence-electron chi connectivity index (χ1n) is 9.45. The van der Waals surface area contributed by atoms with E-state index in [2.05, 4.69) is 5.32 Å². The van der Waals surface area contributed by atoms with Crippen molar-refractivity contribution in [3.05, 3.63) is 100 Å². The van der Waals surface area contributed by atoms with Crippen LogP contribution in [0.3, 0.4) is 0 Å². The molecule has 4 heteroatoms. The van der Waals surface area contributed by atoms with E-state index in [-0.39, 0.29) is 11.7 Å². The largest absolute Gasteiger partial charge is 0.452 e. The summed E-state index contributed by atoms with van der Waals surface area (Å²) >= 11 is 0. The quantitative estimate of drug-likeness (QED) is 0.450. The molecule has 0 atom stereocenters. The highest BCUT2D eigenvalue weighted by Crippen LogP contribution is 2.29. The van der Waals surface area contributed by atoms with Crippen LogP contribution in [0.15, 0.2) is 71.1 Å². The normalized spacial score (nSPS) is 10.9. The van der Waals surface area contributed by atoms with Gasteiger partial charge < -0.3 is 9.73 Å². The Morgan fingerprint density at radius 3 is 2.28 bits per heavy atom. The second kappa shape index (κ2) is 7.40. The Kier molecular flexibility index (Phi) is 4.77. The average Bonchev–Trinajstić information content (AvgIpc) is 3.04. The Bertz CT molecular complexity index is 1230. The van der Waals surface area contributed by atoms with Crippen molar-refractivity contribution in [1.82, 2.24) is 0 Å². The lowest BCUT2D eigenvalue weighted by Gasteiger charge is -2.06. The third kappa shape index (κ3) is 3.69. The summed E-state index contributed by atoms with van der Waals surface area (Å²) in [6, 6.07) is 20.3. The van der Waals surface area contributed by atoms with Crippen LogP contribution in [-0.4, -0.2) is 11.7 Å². The van der Waals surface area contributed by atoms with E-state index in [0.717, 1.165) is 22.1 Å². The number of furan rings is 1. The average molecular weight is 383 g/mol. The molecule has 1 amide bonds. The van der Waals surface area contributed by atoms with Gasteiger partial charge in [0, 0.05) is 33.8 Å². The summed E-state index contributed by atoms with van der Waals surface area (Å²) in [6.45, 7) is 5.80. The SMILES string of the molecule is Cc1ccc(C(=O)c2oc3cc(NC(=O)c4cccc(C)c4)ccc3c2C)cc1. The Labute approximate surface area is 169 Å². The van der Waals surface area contributed by atoms with Gasteiger partial charge in [-0.25, -0.2) is 0 Å². The molecule has 0 aliphatic carbocycles. The van der Waals surface area contributed by atoms with Crippen molar-refractivity contribution < 1.29 is 14.0 Å². The highest BCUT2D eigenvalue weighted by Gasteiger charge is 2.19. The van der Waals surface area contributed by atoms with Crippen LogP contribution >= 0.6 is 0 Å². The molecular weight excluding hydrogens is 362 g/mol. The fraction of sp³-hybridized carbons (Fsp3) is 0.120. The number of amides is 1. The minimum absolute atomic E-state index is 0.149. The lowest BCUT2D eigenvalue weighted by molar-refractivity contribution is 0.101. The van der Waals surface area contributed by atoms with Gasteiger partial charge in [0.25, 0.3) is 5.91 Å². The third-order valence-electron chi connectivity index (χ3n) is 5.00. The molecule has 0 aliphatic heterocycles. The zero-order valence-corrected chi connectivity index (χ0v) is 16.6. The topological polar surface area (TPSA) is 59.3 Å². The van der Waals surface area contributed by atoms with E-state index in [1.807, 2.05) is 63.2 Å². The Balaban J connectivity index is 1.64. The second-order valence-electron chi connectivity index (χ2n) is 7.29. The molecule has 1 aromatic heterocycles. The van der Waals surface area contributed by atoms with E-state index in [9.17, 15) is 9.59 Å². The van der Waals surface area contributed by atoms with Crippen LogP contribution in [0, 0.1) is 20.8 Å². The number of carbonyl (C=O) groups is 2. The summed E-state index contributed by atoms with van der Waals surface area (Å²) in [6.07, 6.45) is 0. The Morgan fingerprint density at radius 1 is 0.793 bits per heavy atom. The molecule has 0 fully saturated rings. The number of benzene rings is 3. The summed E-state index contributed by atoms with van der Waals surface area (Å²) in [7, 11) is 0.